The summed E-state index contributed by atoms with van der Waals surface area (Å²) in [6, 6.07) is 2.03. The number of pyridine rings is 1. The molecule has 96 valence electrons. The van der Waals surface area contributed by atoms with Crippen molar-refractivity contribution in [3.05, 3.63) is 22.3 Å². The maximum absolute atomic E-state index is 5.67. The monoisotopic (exact) mass is 299 g/mol. The Kier molecular flexibility index (Phi) is 7.25. The zero-order valence-electron chi connectivity index (χ0n) is 10.8. The first-order valence-electron chi connectivity index (χ1n) is 6.49. The summed E-state index contributed by atoms with van der Waals surface area (Å²) < 4.78 is 6.67. The summed E-state index contributed by atoms with van der Waals surface area (Å²) in [4.78, 5) is 4.26. The highest BCUT2D eigenvalue weighted by atomic mass is 79.9. The lowest BCUT2D eigenvalue weighted by molar-refractivity contribution is 0.291. The van der Waals surface area contributed by atoms with Crippen LogP contribution in [0.3, 0.4) is 0 Å². The van der Waals surface area contributed by atoms with Gasteiger partial charge in [0.15, 0.2) is 0 Å². The SMILES string of the molecule is CCCCCCCCOc1ncc(Br)cc1C. The topological polar surface area (TPSA) is 22.1 Å². The molecule has 0 aliphatic rings. The maximum atomic E-state index is 5.67. The summed E-state index contributed by atoms with van der Waals surface area (Å²) in [6.45, 7) is 5.04. The number of halogens is 1. The van der Waals surface area contributed by atoms with E-state index in [1.807, 2.05) is 13.0 Å². The molecule has 0 aliphatic heterocycles. The van der Waals surface area contributed by atoms with Gasteiger partial charge in [-0.05, 0) is 35.3 Å². The van der Waals surface area contributed by atoms with Gasteiger partial charge < -0.3 is 4.74 Å². The van der Waals surface area contributed by atoms with Gasteiger partial charge >= 0.3 is 0 Å². The molecule has 0 saturated heterocycles. The molecule has 2 nitrogen and oxygen atoms in total. The van der Waals surface area contributed by atoms with Crippen molar-refractivity contribution in [1.29, 1.82) is 0 Å². The van der Waals surface area contributed by atoms with E-state index in [9.17, 15) is 0 Å². The quantitative estimate of drug-likeness (QED) is 0.638. The van der Waals surface area contributed by atoms with E-state index < -0.39 is 0 Å². The second-order valence-electron chi connectivity index (χ2n) is 4.39. The van der Waals surface area contributed by atoms with Crippen LogP contribution in [-0.2, 0) is 0 Å². The molecule has 0 aliphatic carbocycles. The standard InChI is InChI=1S/C14H22BrNO/c1-3-4-5-6-7-8-9-17-14-12(2)10-13(15)11-16-14/h10-11H,3-9H2,1-2H3. The lowest BCUT2D eigenvalue weighted by Crippen LogP contribution is -2.00. The first-order valence-corrected chi connectivity index (χ1v) is 7.28. The van der Waals surface area contributed by atoms with Crippen molar-refractivity contribution in [2.75, 3.05) is 6.61 Å². The normalized spacial score (nSPS) is 10.5. The molecule has 0 radical (unpaired) electrons. The number of nitrogens with zero attached hydrogens (tertiary/aromatic N) is 1. The molecule has 1 heterocycles. The van der Waals surface area contributed by atoms with Gasteiger partial charge in [-0.15, -0.1) is 0 Å². The van der Waals surface area contributed by atoms with Crippen LogP contribution < -0.4 is 4.74 Å². The molecule has 0 saturated carbocycles. The van der Waals surface area contributed by atoms with Crippen LogP contribution in [0.15, 0.2) is 16.7 Å². The van der Waals surface area contributed by atoms with E-state index >= 15 is 0 Å². The van der Waals surface area contributed by atoms with Crippen molar-refractivity contribution in [3.8, 4) is 5.88 Å². The van der Waals surface area contributed by atoms with Crippen LogP contribution in [0.2, 0.25) is 0 Å². The lowest BCUT2D eigenvalue weighted by atomic mass is 10.1. The van der Waals surface area contributed by atoms with Gasteiger partial charge in [0.05, 0.1) is 6.61 Å². The maximum Gasteiger partial charge on any atom is 0.216 e. The third kappa shape index (κ3) is 6.06. The first kappa shape index (κ1) is 14.5. The molecule has 0 bridgehead atoms. The van der Waals surface area contributed by atoms with Gasteiger partial charge in [-0.1, -0.05) is 39.0 Å². The predicted octanol–water partition coefficient (Wildman–Crippen LogP) is 4.89. The molecule has 0 unspecified atom stereocenters. The van der Waals surface area contributed by atoms with Crippen molar-refractivity contribution in [2.24, 2.45) is 0 Å². The van der Waals surface area contributed by atoms with Crippen LogP contribution in [0, 0.1) is 6.92 Å². The highest BCUT2D eigenvalue weighted by Gasteiger charge is 2.01. The van der Waals surface area contributed by atoms with Gasteiger partial charge in [0.25, 0.3) is 0 Å². The van der Waals surface area contributed by atoms with Gasteiger partial charge in [0, 0.05) is 16.2 Å². The summed E-state index contributed by atoms with van der Waals surface area (Å²) >= 11 is 3.40. The number of hydrogen-bond acceptors (Lipinski definition) is 2. The largest absolute Gasteiger partial charge is 0.477 e. The Morgan fingerprint density at radius 2 is 1.88 bits per heavy atom. The van der Waals surface area contributed by atoms with Crippen LogP contribution >= 0.6 is 15.9 Å². The minimum absolute atomic E-state index is 0.766. The Morgan fingerprint density at radius 3 is 2.59 bits per heavy atom. The number of rotatable bonds is 8. The Morgan fingerprint density at radius 1 is 1.18 bits per heavy atom. The van der Waals surface area contributed by atoms with E-state index in [-0.39, 0.29) is 0 Å². The molecule has 1 aromatic rings. The molecular formula is C14H22BrNO. The molecule has 0 N–H and O–H groups in total. The Bertz CT molecular complexity index is 328. The highest BCUT2D eigenvalue weighted by molar-refractivity contribution is 9.10. The minimum Gasteiger partial charge on any atom is -0.477 e. The zero-order chi connectivity index (χ0) is 12.5. The molecule has 0 atom stereocenters. The van der Waals surface area contributed by atoms with Crippen LogP contribution in [0.1, 0.15) is 51.0 Å². The van der Waals surface area contributed by atoms with Crippen molar-refractivity contribution in [1.82, 2.24) is 4.98 Å². The molecule has 0 fully saturated rings. The van der Waals surface area contributed by atoms with E-state index in [2.05, 4.69) is 27.8 Å². The molecule has 0 amide bonds. The second-order valence-corrected chi connectivity index (χ2v) is 5.31. The van der Waals surface area contributed by atoms with Crippen molar-refractivity contribution < 1.29 is 4.74 Å². The van der Waals surface area contributed by atoms with E-state index in [1.54, 1.807) is 6.20 Å². The number of aromatic nitrogens is 1. The molecule has 17 heavy (non-hydrogen) atoms. The number of aryl methyl sites for hydroxylation is 1. The van der Waals surface area contributed by atoms with Gasteiger partial charge in [0.1, 0.15) is 0 Å². The van der Waals surface area contributed by atoms with E-state index in [0.717, 1.165) is 28.9 Å². The molecule has 1 aromatic heterocycles. The molecule has 3 heteroatoms. The zero-order valence-corrected chi connectivity index (χ0v) is 12.4. The molecule has 1 rings (SSSR count). The fraction of sp³-hybridized carbons (Fsp3) is 0.643. The first-order chi connectivity index (χ1) is 8.24. The van der Waals surface area contributed by atoms with Crippen molar-refractivity contribution >= 4 is 15.9 Å². The van der Waals surface area contributed by atoms with Crippen molar-refractivity contribution in [2.45, 2.75) is 52.4 Å². The van der Waals surface area contributed by atoms with Crippen LogP contribution in [-0.4, -0.2) is 11.6 Å². The fourth-order valence-corrected chi connectivity index (χ4v) is 2.18. The van der Waals surface area contributed by atoms with Crippen molar-refractivity contribution in [3.63, 3.8) is 0 Å². The van der Waals surface area contributed by atoms with E-state index in [4.69, 9.17) is 4.74 Å². The minimum atomic E-state index is 0.766. The number of unbranched alkanes of at least 4 members (excludes halogenated alkanes) is 5. The number of ether oxygens (including phenoxy) is 1. The van der Waals surface area contributed by atoms with Gasteiger partial charge in [-0.3, -0.25) is 0 Å². The number of hydrogen-bond donors (Lipinski definition) is 0. The lowest BCUT2D eigenvalue weighted by Gasteiger charge is -2.07. The summed E-state index contributed by atoms with van der Waals surface area (Å²) in [6.07, 6.45) is 9.50. The molecule has 0 aromatic carbocycles. The van der Waals surface area contributed by atoms with E-state index in [0.29, 0.717) is 0 Å². The predicted molar refractivity (Wildman–Crippen MR) is 75.5 cm³/mol. The Labute approximate surface area is 113 Å². The average Bonchev–Trinajstić information content (AvgIpc) is 2.30. The van der Waals surface area contributed by atoms with Crippen LogP contribution in [0.4, 0.5) is 0 Å². The fourth-order valence-electron chi connectivity index (χ4n) is 1.73. The molecular weight excluding hydrogens is 278 g/mol. The highest BCUT2D eigenvalue weighted by Crippen LogP contribution is 2.19. The van der Waals surface area contributed by atoms with Crippen LogP contribution in [0.25, 0.3) is 0 Å². The summed E-state index contributed by atoms with van der Waals surface area (Å²) in [5, 5.41) is 0. The third-order valence-corrected chi connectivity index (χ3v) is 3.17. The Balaban J connectivity index is 2.14. The summed E-state index contributed by atoms with van der Waals surface area (Å²) in [5.74, 6) is 0.766. The van der Waals surface area contributed by atoms with Crippen LogP contribution in [0.5, 0.6) is 5.88 Å². The summed E-state index contributed by atoms with van der Waals surface area (Å²) in [7, 11) is 0. The molecule has 0 spiro atoms. The van der Waals surface area contributed by atoms with E-state index in [1.165, 1.54) is 32.1 Å². The third-order valence-electron chi connectivity index (χ3n) is 2.73. The smallest absolute Gasteiger partial charge is 0.216 e. The van der Waals surface area contributed by atoms with Gasteiger partial charge in [-0.25, -0.2) is 4.98 Å². The van der Waals surface area contributed by atoms with Gasteiger partial charge in [0.2, 0.25) is 5.88 Å². The summed E-state index contributed by atoms with van der Waals surface area (Å²) in [5.41, 5.74) is 1.09. The Hall–Kier alpha value is -0.570. The van der Waals surface area contributed by atoms with Gasteiger partial charge in [-0.2, -0.15) is 0 Å². The average molecular weight is 300 g/mol. The second kappa shape index (κ2) is 8.51.